The predicted octanol–water partition coefficient (Wildman–Crippen LogP) is 2.80. The number of likely N-dealkylation sites (tertiary alicyclic amines) is 1. The molecule has 2 aliphatic heterocycles. The summed E-state index contributed by atoms with van der Waals surface area (Å²) in [4.78, 5) is 51.7. The minimum absolute atomic E-state index is 0.0321. The molecular formula is C22H26N4O3S. The lowest BCUT2D eigenvalue weighted by atomic mass is 9.84. The summed E-state index contributed by atoms with van der Waals surface area (Å²) in [5.74, 6) is 0.940. The maximum Gasteiger partial charge on any atom is 0.264 e. The molecule has 8 heteroatoms. The van der Waals surface area contributed by atoms with Gasteiger partial charge in [-0.25, -0.2) is 4.98 Å². The highest BCUT2D eigenvalue weighted by Gasteiger charge is 2.38. The first-order valence-electron chi connectivity index (χ1n) is 10.8. The Hall–Kier alpha value is -2.48. The van der Waals surface area contributed by atoms with E-state index in [2.05, 4.69) is 4.98 Å². The number of aromatic nitrogens is 2. The highest BCUT2D eigenvalue weighted by Crippen LogP contribution is 2.36. The van der Waals surface area contributed by atoms with E-state index in [9.17, 15) is 14.4 Å². The van der Waals surface area contributed by atoms with Crippen molar-refractivity contribution in [2.45, 2.75) is 58.0 Å². The van der Waals surface area contributed by atoms with E-state index in [-0.39, 0.29) is 35.9 Å². The number of aromatic amines is 1. The van der Waals surface area contributed by atoms with Crippen LogP contribution in [0, 0.1) is 12.8 Å². The second kappa shape index (κ2) is 7.65. The molecule has 1 saturated carbocycles. The van der Waals surface area contributed by atoms with E-state index in [1.165, 1.54) is 11.3 Å². The Bertz CT molecular complexity index is 1050. The second-order valence-corrected chi connectivity index (χ2v) is 9.87. The Morgan fingerprint density at radius 2 is 2.00 bits per heavy atom. The van der Waals surface area contributed by atoms with Crippen molar-refractivity contribution in [2.75, 3.05) is 13.1 Å². The fourth-order valence-corrected chi connectivity index (χ4v) is 5.52. The molecule has 0 bridgehead atoms. The SMILES string of the molecule is Cc1ccc(C(=O)N2CCc3nc(C4CCCN4C(=O)C4CCC4)[nH]c(=O)c3C2)s1. The number of hydrogen-bond acceptors (Lipinski definition) is 5. The minimum Gasteiger partial charge on any atom is -0.333 e. The lowest BCUT2D eigenvalue weighted by Crippen LogP contribution is -2.41. The number of amides is 2. The molecule has 1 saturated heterocycles. The molecule has 3 aliphatic rings. The summed E-state index contributed by atoms with van der Waals surface area (Å²) in [6.07, 6.45) is 5.41. The van der Waals surface area contributed by atoms with Crippen LogP contribution in [0.5, 0.6) is 0 Å². The molecule has 2 amide bonds. The number of hydrogen-bond donors (Lipinski definition) is 1. The average Bonchev–Trinajstić information content (AvgIpc) is 3.35. The third-order valence-electron chi connectivity index (χ3n) is 6.63. The summed E-state index contributed by atoms with van der Waals surface area (Å²) < 4.78 is 0. The van der Waals surface area contributed by atoms with Gasteiger partial charge in [-0.15, -0.1) is 11.3 Å². The molecule has 7 nitrogen and oxygen atoms in total. The molecule has 0 spiro atoms. The molecule has 158 valence electrons. The molecular weight excluding hydrogens is 400 g/mol. The van der Waals surface area contributed by atoms with Gasteiger partial charge in [0.05, 0.1) is 28.7 Å². The normalized spacial score (nSPS) is 21.4. The van der Waals surface area contributed by atoms with Crippen molar-refractivity contribution in [1.29, 1.82) is 0 Å². The lowest BCUT2D eigenvalue weighted by molar-refractivity contribution is -0.139. The van der Waals surface area contributed by atoms with Crippen molar-refractivity contribution < 1.29 is 9.59 Å². The van der Waals surface area contributed by atoms with Crippen LogP contribution in [0.25, 0.3) is 0 Å². The van der Waals surface area contributed by atoms with Crippen LogP contribution in [0.1, 0.15) is 69.8 Å². The minimum atomic E-state index is -0.183. The first-order valence-corrected chi connectivity index (χ1v) is 11.6. The highest BCUT2D eigenvalue weighted by molar-refractivity contribution is 7.13. The van der Waals surface area contributed by atoms with Crippen molar-refractivity contribution in [3.05, 3.63) is 49.3 Å². The van der Waals surface area contributed by atoms with Gasteiger partial charge in [0.25, 0.3) is 11.5 Å². The summed E-state index contributed by atoms with van der Waals surface area (Å²) in [5, 5.41) is 0. The number of rotatable bonds is 3. The van der Waals surface area contributed by atoms with Gasteiger partial charge in [-0.3, -0.25) is 14.4 Å². The van der Waals surface area contributed by atoms with E-state index in [0.29, 0.717) is 29.2 Å². The summed E-state index contributed by atoms with van der Waals surface area (Å²) in [6.45, 7) is 3.55. The van der Waals surface area contributed by atoms with E-state index in [0.717, 1.165) is 49.2 Å². The van der Waals surface area contributed by atoms with E-state index in [4.69, 9.17) is 4.98 Å². The molecule has 2 fully saturated rings. The number of carbonyl (C=O) groups is 2. The summed E-state index contributed by atoms with van der Waals surface area (Å²) in [7, 11) is 0. The maximum atomic E-state index is 12.9. The Morgan fingerprint density at radius 3 is 2.70 bits per heavy atom. The van der Waals surface area contributed by atoms with Crippen LogP contribution in [-0.2, 0) is 17.8 Å². The van der Waals surface area contributed by atoms with Crippen LogP contribution in [0.2, 0.25) is 0 Å². The maximum absolute atomic E-state index is 12.9. The van der Waals surface area contributed by atoms with E-state index < -0.39 is 0 Å². The Kier molecular flexibility index (Phi) is 4.97. The zero-order valence-electron chi connectivity index (χ0n) is 17.1. The van der Waals surface area contributed by atoms with Crippen molar-refractivity contribution in [1.82, 2.24) is 19.8 Å². The number of thiophene rings is 1. The number of carbonyl (C=O) groups excluding carboxylic acids is 2. The van der Waals surface area contributed by atoms with E-state index in [1.54, 1.807) is 4.90 Å². The van der Waals surface area contributed by atoms with Crippen molar-refractivity contribution in [3.63, 3.8) is 0 Å². The van der Waals surface area contributed by atoms with Crippen LogP contribution in [0.4, 0.5) is 0 Å². The Balaban J connectivity index is 1.37. The molecule has 1 aliphatic carbocycles. The van der Waals surface area contributed by atoms with Gasteiger partial charge in [-0.2, -0.15) is 0 Å². The van der Waals surface area contributed by atoms with Gasteiger partial charge in [0, 0.05) is 30.3 Å². The Labute approximate surface area is 179 Å². The highest BCUT2D eigenvalue weighted by atomic mass is 32.1. The number of nitrogens with one attached hydrogen (secondary N) is 1. The van der Waals surface area contributed by atoms with E-state index in [1.807, 2.05) is 24.0 Å². The number of aryl methyl sites for hydroxylation is 1. The van der Waals surface area contributed by atoms with E-state index >= 15 is 0 Å². The monoisotopic (exact) mass is 426 g/mol. The van der Waals surface area contributed by atoms with Gasteiger partial charge < -0.3 is 14.8 Å². The predicted molar refractivity (Wildman–Crippen MR) is 113 cm³/mol. The summed E-state index contributed by atoms with van der Waals surface area (Å²) >= 11 is 1.48. The number of H-pyrrole nitrogens is 1. The van der Waals surface area contributed by atoms with Crippen molar-refractivity contribution in [2.24, 2.45) is 5.92 Å². The third-order valence-corrected chi connectivity index (χ3v) is 7.62. The molecule has 0 radical (unpaired) electrons. The fraction of sp³-hybridized carbons (Fsp3) is 0.545. The topological polar surface area (TPSA) is 86.4 Å². The number of nitrogens with zero attached hydrogens (tertiary/aromatic N) is 3. The van der Waals surface area contributed by atoms with Gasteiger partial charge in [0.1, 0.15) is 5.82 Å². The molecule has 1 atom stereocenters. The van der Waals surface area contributed by atoms with Crippen LogP contribution < -0.4 is 5.56 Å². The first kappa shape index (κ1) is 19.5. The fourth-order valence-electron chi connectivity index (χ4n) is 4.69. The van der Waals surface area contributed by atoms with Crippen LogP contribution in [0.15, 0.2) is 16.9 Å². The summed E-state index contributed by atoms with van der Waals surface area (Å²) in [6, 6.07) is 3.65. The van der Waals surface area contributed by atoms with Crippen LogP contribution in [-0.4, -0.2) is 44.7 Å². The van der Waals surface area contributed by atoms with Crippen LogP contribution >= 0.6 is 11.3 Å². The van der Waals surface area contributed by atoms with Gasteiger partial charge in [0.15, 0.2) is 0 Å². The lowest BCUT2D eigenvalue weighted by Gasteiger charge is -2.33. The molecule has 2 aromatic rings. The van der Waals surface area contributed by atoms with Gasteiger partial charge >= 0.3 is 0 Å². The second-order valence-electron chi connectivity index (χ2n) is 8.58. The molecule has 0 aromatic carbocycles. The van der Waals surface area contributed by atoms with Gasteiger partial charge in [-0.1, -0.05) is 6.42 Å². The average molecular weight is 427 g/mol. The van der Waals surface area contributed by atoms with Crippen LogP contribution in [0.3, 0.4) is 0 Å². The Morgan fingerprint density at radius 1 is 1.17 bits per heavy atom. The smallest absolute Gasteiger partial charge is 0.264 e. The molecule has 30 heavy (non-hydrogen) atoms. The molecule has 1 N–H and O–H groups in total. The van der Waals surface area contributed by atoms with Crippen molar-refractivity contribution >= 4 is 23.2 Å². The molecule has 1 unspecified atom stereocenters. The zero-order chi connectivity index (χ0) is 20.8. The standard InChI is InChI=1S/C22H26N4O3S/c1-13-7-8-18(30-13)22(29)25-11-9-16-15(12-25)20(27)24-19(23-16)17-6-3-10-26(17)21(28)14-4-2-5-14/h7-8,14,17H,2-6,9-12H2,1H3,(H,23,24,27). The zero-order valence-corrected chi connectivity index (χ0v) is 18.0. The molecule has 2 aromatic heterocycles. The molecule has 4 heterocycles. The molecule has 5 rings (SSSR count). The van der Waals surface area contributed by atoms with Gasteiger partial charge in [-0.05, 0) is 44.7 Å². The number of fused-ring (bicyclic) bond motifs is 1. The quantitative estimate of drug-likeness (QED) is 0.818. The first-order chi connectivity index (χ1) is 14.5. The van der Waals surface area contributed by atoms with Gasteiger partial charge in [0.2, 0.25) is 5.91 Å². The summed E-state index contributed by atoms with van der Waals surface area (Å²) in [5.41, 5.74) is 1.16. The largest absolute Gasteiger partial charge is 0.333 e. The van der Waals surface area contributed by atoms with Crippen molar-refractivity contribution in [3.8, 4) is 0 Å². The third kappa shape index (κ3) is 3.37.